The summed E-state index contributed by atoms with van der Waals surface area (Å²) in [6.45, 7) is 12.8. The lowest BCUT2D eigenvalue weighted by Gasteiger charge is -2.06. The lowest BCUT2D eigenvalue weighted by Crippen LogP contribution is -2.17. The minimum Gasteiger partial charge on any atom is -0.469 e. The molecule has 48 heavy (non-hydrogen) atoms. The van der Waals surface area contributed by atoms with Crippen molar-refractivity contribution in [1.29, 1.82) is 0 Å². The first kappa shape index (κ1) is 36.7. The Hall–Kier alpha value is -2.54. The lowest BCUT2D eigenvalue weighted by atomic mass is 10.0. The molecular formula is C36H40Br4N4O4. The van der Waals surface area contributed by atoms with Crippen molar-refractivity contribution in [2.24, 2.45) is 0 Å². The van der Waals surface area contributed by atoms with Gasteiger partial charge in [-0.05, 0) is 162 Å². The van der Waals surface area contributed by atoms with Crippen molar-refractivity contribution < 1.29 is 19.1 Å². The van der Waals surface area contributed by atoms with Gasteiger partial charge >= 0.3 is 11.9 Å². The monoisotopic (exact) mass is 908 g/mol. The number of H-pyrrole nitrogens is 4. The van der Waals surface area contributed by atoms with Gasteiger partial charge in [-0.2, -0.15) is 0 Å². The standard InChI is InChI=1S/C36H40Br4N4O4/c1-9-19-15(3)29-25(37)31-17(5)21(11-13-23(45)47-7)35(43-31)28(40)36-22(12-14-24(46)48-8)18(6)32(44-36)27(39)34-20(10-2)16(4)30(42-34)26(38)33(19)41-29/h41-44H,9-14H2,1-8H3. The van der Waals surface area contributed by atoms with Gasteiger partial charge in [0, 0.05) is 12.8 Å². The van der Waals surface area contributed by atoms with Crippen LogP contribution in [-0.2, 0) is 44.7 Å². The number of carbonyl (C=O) groups excluding carboxylic acids is 2. The highest BCUT2D eigenvalue weighted by atomic mass is 79.9. The second-order valence-corrected chi connectivity index (χ2v) is 15.2. The number of rotatable bonds is 8. The Kier molecular flexibility index (Phi) is 11.3. The van der Waals surface area contributed by atoms with E-state index in [1.165, 1.54) is 30.9 Å². The van der Waals surface area contributed by atoms with Crippen molar-refractivity contribution in [1.82, 2.24) is 19.9 Å². The summed E-state index contributed by atoms with van der Waals surface area (Å²) in [7, 11) is 2.82. The van der Waals surface area contributed by atoms with Gasteiger partial charge in [-0.3, -0.25) is 9.59 Å². The third-order valence-corrected chi connectivity index (χ3v) is 12.8. The quantitative estimate of drug-likeness (QED) is 0.161. The fourth-order valence-corrected chi connectivity index (χ4v) is 9.76. The van der Waals surface area contributed by atoms with Crippen molar-refractivity contribution in [3.8, 4) is 0 Å². The SMILES string of the molecule is CCc1c2[nH]c(c1C)C(Br)=c1[nH]c(c(C)c1CC)=C(Br)c1[nH]c(c(CCC(=O)OC)c1C)C(Br)=c1[nH]c(c(C)c1CCC(=O)OC)=C2Br. The molecule has 0 aliphatic carbocycles. The number of fused-ring (bicyclic) bond motifs is 8. The van der Waals surface area contributed by atoms with Crippen LogP contribution in [0.1, 0.15) is 94.0 Å². The van der Waals surface area contributed by atoms with E-state index in [2.05, 4.69) is 125 Å². The molecule has 0 fully saturated rings. The van der Waals surface area contributed by atoms with Gasteiger partial charge in [0.2, 0.25) is 0 Å². The number of halogens is 4. The molecule has 8 bridgehead atoms. The Morgan fingerprint density at radius 2 is 0.875 bits per heavy atom. The van der Waals surface area contributed by atoms with E-state index in [0.717, 1.165) is 103 Å². The molecule has 8 nitrogen and oxygen atoms in total. The maximum absolute atomic E-state index is 12.4. The smallest absolute Gasteiger partial charge is 0.305 e. The van der Waals surface area contributed by atoms with Crippen molar-refractivity contribution in [2.45, 2.75) is 80.1 Å². The van der Waals surface area contributed by atoms with Crippen molar-refractivity contribution >= 4 is 93.6 Å². The van der Waals surface area contributed by atoms with Crippen LogP contribution in [0.2, 0.25) is 0 Å². The summed E-state index contributed by atoms with van der Waals surface area (Å²) in [4.78, 5) is 39.7. The zero-order valence-electron chi connectivity index (χ0n) is 28.4. The maximum atomic E-state index is 12.4. The van der Waals surface area contributed by atoms with Gasteiger partial charge in [-0.25, -0.2) is 0 Å². The molecule has 4 aromatic heterocycles. The molecule has 0 saturated heterocycles. The number of nitrogens with one attached hydrogen (secondary N) is 4. The summed E-state index contributed by atoms with van der Waals surface area (Å²) in [5, 5.41) is 3.75. The minimum atomic E-state index is -0.277. The summed E-state index contributed by atoms with van der Waals surface area (Å²) in [6.07, 6.45) is 3.06. The van der Waals surface area contributed by atoms with Crippen LogP contribution in [0, 0.1) is 27.7 Å². The molecule has 0 saturated carbocycles. The third-order valence-electron chi connectivity index (χ3n) is 9.59. The molecular weight excluding hydrogens is 872 g/mol. The fourth-order valence-electron chi connectivity index (χ4n) is 6.82. The van der Waals surface area contributed by atoms with E-state index in [-0.39, 0.29) is 24.8 Å². The highest BCUT2D eigenvalue weighted by molar-refractivity contribution is 9.15. The van der Waals surface area contributed by atoms with Crippen molar-refractivity contribution in [3.63, 3.8) is 0 Å². The number of hydrogen-bond donors (Lipinski definition) is 4. The van der Waals surface area contributed by atoms with Gasteiger partial charge in [-0.15, -0.1) is 0 Å². The zero-order chi connectivity index (χ0) is 35.2. The van der Waals surface area contributed by atoms with E-state index in [4.69, 9.17) is 9.47 Å². The number of carbonyl (C=O) groups is 2. The van der Waals surface area contributed by atoms with Gasteiger partial charge in [0.05, 0.1) is 76.3 Å². The van der Waals surface area contributed by atoms with E-state index >= 15 is 0 Å². The molecule has 0 unspecified atom stereocenters. The van der Waals surface area contributed by atoms with Gasteiger partial charge in [0.1, 0.15) is 0 Å². The van der Waals surface area contributed by atoms with Crippen molar-refractivity contribution in [3.05, 3.63) is 88.7 Å². The number of methoxy groups -OCH3 is 2. The highest BCUT2D eigenvalue weighted by Gasteiger charge is 2.25. The van der Waals surface area contributed by atoms with Crippen LogP contribution in [-0.4, -0.2) is 46.1 Å². The number of hydrogen-bond acceptors (Lipinski definition) is 4. The molecule has 0 amide bonds. The molecule has 256 valence electrons. The number of ether oxygens (including phenoxy) is 2. The van der Waals surface area contributed by atoms with Crippen LogP contribution in [0.15, 0.2) is 0 Å². The lowest BCUT2D eigenvalue weighted by molar-refractivity contribution is -0.141. The van der Waals surface area contributed by atoms with Crippen LogP contribution in [0.3, 0.4) is 0 Å². The fraction of sp³-hybridized carbons (Fsp3) is 0.389. The summed E-state index contributed by atoms with van der Waals surface area (Å²) in [5.74, 6) is -0.554. The van der Waals surface area contributed by atoms with E-state index in [1.54, 1.807) is 0 Å². The van der Waals surface area contributed by atoms with Crippen LogP contribution >= 0.6 is 63.7 Å². The molecule has 0 atom stereocenters. The van der Waals surface area contributed by atoms with Crippen LogP contribution < -0.4 is 21.4 Å². The molecule has 4 aromatic rings. The average Bonchev–Trinajstić information content (AvgIpc) is 3.80. The molecule has 12 heteroatoms. The number of esters is 2. The van der Waals surface area contributed by atoms with Gasteiger partial charge in [-0.1, -0.05) is 13.8 Å². The first-order chi connectivity index (χ1) is 22.8. The normalized spacial score (nSPS) is 13.1. The van der Waals surface area contributed by atoms with E-state index in [0.29, 0.717) is 12.8 Å². The summed E-state index contributed by atoms with van der Waals surface area (Å²) >= 11 is 16.0. The number of aromatic amines is 4. The zero-order valence-corrected chi connectivity index (χ0v) is 34.7. The Balaban J connectivity index is 2.02. The maximum Gasteiger partial charge on any atom is 0.305 e. The molecule has 0 spiro atoms. The first-order valence-electron chi connectivity index (χ1n) is 15.9. The Labute approximate surface area is 313 Å². The second-order valence-electron chi connectivity index (χ2n) is 12.0. The Morgan fingerprint density at radius 3 is 1.38 bits per heavy atom. The largest absolute Gasteiger partial charge is 0.469 e. The van der Waals surface area contributed by atoms with Crippen LogP contribution in [0.25, 0.3) is 17.9 Å². The molecule has 0 aromatic carbocycles. The third kappa shape index (κ3) is 6.31. The van der Waals surface area contributed by atoms with Crippen molar-refractivity contribution in [2.75, 3.05) is 14.2 Å². The average molecular weight is 912 g/mol. The predicted molar refractivity (Wildman–Crippen MR) is 206 cm³/mol. The van der Waals surface area contributed by atoms with E-state index in [9.17, 15) is 9.59 Å². The molecule has 5 heterocycles. The molecule has 1 aliphatic heterocycles. The minimum absolute atomic E-state index is 0.227. The highest BCUT2D eigenvalue weighted by Crippen LogP contribution is 2.35. The summed E-state index contributed by atoms with van der Waals surface area (Å²) in [5.41, 5.74) is 12.5. The van der Waals surface area contributed by atoms with Gasteiger partial charge < -0.3 is 29.4 Å². The van der Waals surface area contributed by atoms with E-state index in [1.807, 2.05) is 0 Å². The Morgan fingerprint density at radius 1 is 0.500 bits per heavy atom. The molecule has 1 aliphatic rings. The summed E-state index contributed by atoms with van der Waals surface area (Å²) in [6, 6.07) is 0. The van der Waals surface area contributed by atoms with Crippen LogP contribution in [0.4, 0.5) is 0 Å². The topological polar surface area (TPSA) is 116 Å². The first-order valence-corrected chi connectivity index (χ1v) is 19.1. The van der Waals surface area contributed by atoms with Gasteiger partial charge in [0.25, 0.3) is 0 Å². The predicted octanol–water partition coefficient (Wildman–Crippen LogP) is 6.09. The molecule has 0 radical (unpaired) electrons. The molecule has 5 rings (SSSR count). The molecule has 4 N–H and O–H groups in total. The second kappa shape index (κ2) is 14.7. The summed E-state index contributed by atoms with van der Waals surface area (Å²) < 4.78 is 13.6. The number of aromatic nitrogens is 4. The van der Waals surface area contributed by atoms with Gasteiger partial charge in [0.15, 0.2) is 0 Å². The van der Waals surface area contributed by atoms with E-state index < -0.39 is 0 Å². The Bertz CT molecular complexity index is 2210. The van der Waals surface area contributed by atoms with Crippen LogP contribution in [0.5, 0.6) is 0 Å².